The number of hydrogen-bond acceptors (Lipinski definition) is 4. The molecular formula is C19H30FN3O2S. The summed E-state index contributed by atoms with van der Waals surface area (Å²) >= 11 is 0. The van der Waals surface area contributed by atoms with Crippen molar-refractivity contribution >= 4 is 10.0 Å². The molecule has 2 aliphatic heterocycles. The quantitative estimate of drug-likeness (QED) is 0.819. The average Bonchev–Trinajstić information content (AvgIpc) is 2.65. The van der Waals surface area contributed by atoms with E-state index in [9.17, 15) is 12.8 Å². The van der Waals surface area contributed by atoms with E-state index in [0.717, 1.165) is 45.1 Å². The van der Waals surface area contributed by atoms with E-state index in [1.54, 1.807) is 17.3 Å². The van der Waals surface area contributed by atoms with Crippen LogP contribution in [0.25, 0.3) is 0 Å². The maximum Gasteiger partial charge on any atom is 0.243 e. The molecule has 2 aliphatic rings. The minimum atomic E-state index is -3.73. The van der Waals surface area contributed by atoms with Gasteiger partial charge in [0.2, 0.25) is 10.0 Å². The van der Waals surface area contributed by atoms with Crippen molar-refractivity contribution in [2.45, 2.75) is 50.0 Å². The minimum absolute atomic E-state index is 0.0683. The first-order chi connectivity index (χ1) is 12.5. The predicted molar refractivity (Wildman–Crippen MR) is 101 cm³/mol. The maximum absolute atomic E-state index is 13.8. The third-order valence-corrected chi connectivity index (χ3v) is 7.59. The summed E-state index contributed by atoms with van der Waals surface area (Å²) in [5.41, 5.74) is 0.596. The first-order valence-corrected chi connectivity index (χ1v) is 11.1. The number of nitrogens with one attached hydrogen (secondary N) is 1. The van der Waals surface area contributed by atoms with Crippen LogP contribution < -0.4 is 5.32 Å². The van der Waals surface area contributed by atoms with Crippen LogP contribution >= 0.6 is 0 Å². The van der Waals surface area contributed by atoms with Crippen LogP contribution in [0, 0.1) is 12.7 Å². The summed E-state index contributed by atoms with van der Waals surface area (Å²) in [6.45, 7) is 6.59. The van der Waals surface area contributed by atoms with Crippen LogP contribution in [0.2, 0.25) is 0 Å². The Morgan fingerprint density at radius 1 is 1.23 bits per heavy atom. The monoisotopic (exact) mass is 383 g/mol. The van der Waals surface area contributed by atoms with E-state index in [2.05, 4.69) is 10.2 Å². The molecule has 0 spiro atoms. The van der Waals surface area contributed by atoms with Crippen molar-refractivity contribution in [1.29, 1.82) is 0 Å². The SMILES string of the molecule is Cc1ccc(F)cc1S(=O)(=O)N(CCN1CCCCC1)C1CCCNC1. The van der Waals surface area contributed by atoms with Gasteiger partial charge in [0.1, 0.15) is 5.82 Å². The van der Waals surface area contributed by atoms with E-state index in [1.165, 1.54) is 25.3 Å². The molecule has 2 fully saturated rings. The molecule has 1 unspecified atom stereocenters. The highest BCUT2D eigenvalue weighted by Gasteiger charge is 2.33. The van der Waals surface area contributed by atoms with Crippen molar-refractivity contribution in [1.82, 2.24) is 14.5 Å². The molecule has 7 heteroatoms. The standard InChI is InChI=1S/C19H30FN3O2S/c1-16-7-8-17(20)14-19(16)26(24,25)23(18-6-5-9-21-15-18)13-12-22-10-3-2-4-11-22/h7-8,14,18,21H,2-6,9-13,15H2,1H3. The van der Waals surface area contributed by atoms with Crippen LogP contribution in [0.3, 0.4) is 0 Å². The maximum atomic E-state index is 13.8. The molecule has 1 atom stereocenters. The Bertz CT molecular complexity index is 699. The largest absolute Gasteiger partial charge is 0.315 e. The van der Waals surface area contributed by atoms with E-state index < -0.39 is 15.8 Å². The van der Waals surface area contributed by atoms with Gasteiger partial charge in [-0.15, -0.1) is 0 Å². The molecule has 1 N–H and O–H groups in total. The Morgan fingerprint density at radius 3 is 2.69 bits per heavy atom. The summed E-state index contributed by atoms with van der Waals surface area (Å²) in [7, 11) is -3.73. The number of rotatable bonds is 6. The number of halogens is 1. The van der Waals surface area contributed by atoms with E-state index in [1.807, 2.05) is 0 Å². The van der Waals surface area contributed by atoms with Gasteiger partial charge in [-0.25, -0.2) is 12.8 Å². The summed E-state index contributed by atoms with van der Waals surface area (Å²) in [6.07, 6.45) is 5.43. The van der Waals surface area contributed by atoms with Gasteiger partial charge in [-0.05, 0) is 69.9 Å². The molecule has 0 aliphatic carbocycles. The second kappa shape index (κ2) is 8.78. The van der Waals surface area contributed by atoms with Gasteiger partial charge in [-0.1, -0.05) is 12.5 Å². The fourth-order valence-electron chi connectivity index (χ4n) is 3.98. The van der Waals surface area contributed by atoms with E-state index >= 15 is 0 Å². The second-order valence-corrected chi connectivity index (χ2v) is 9.29. The molecule has 146 valence electrons. The van der Waals surface area contributed by atoms with Gasteiger partial charge < -0.3 is 10.2 Å². The highest BCUT2D eigenvalue weighted by atomic mass is 32.2. The second-order valence-electron chi connectivity index (χ2n) is 7.43. The molecule has 2 saturated heterocycles. The number of benzene rings is 1. The number of nitrogens with zero attached hydrogens (tertiary/aromatic N) is 2. The molecule has 0 aromatic heterocycles. The number of piperidine rings is 2. The lowest BCUT2D eigenvalue weighted by Crippen LogP contribution is -2.51. The van der Waals surface area contributed by atoms with Gasteiger partial charge in [0.25, 0.3) is 0 Å². The number of hydrogen-bond donors (Lipinski definition) is 1. The van der Waals surface area contributed by atoms with Crippen molar-refractivity contribution in [3.8, 4) is 0 Å². The lowest BCUT2D eigenvalue weighted by Gasteiger charge is -2.36. The summed E-state index contributed by atoms with van der Waals surface area (Å²) < 4.78 is 42.2. The summed E-state index contributed by atoms with van der Waals surface area (Å²) in [6, 6.07) is 3.95. The molecule has 1 aromatic rings. The Balaban J connectivity index is 1.84. The van der Waals surface area contributed by atoms with Crippen molar-refractivity contribution < 1.29 is 12.8 Å². The Morgan fingerprint density at radius 2 is 2.00 bits per heavy atom. The van der Waals surface area contributed by atoms with Gasteiger partial charge in [0.05, 0.1) is 4.90 Å². The van der Waals surface area contributed by atoms with Crippen LogP contribution in [0.5, 0.6) is 0 Å². The molecular weight excluding hydrogens is 353 g/mol. The zero-order chi connectivity index (χ0) is 18.6. The molecule has 0 amide bonds. The van der Waals surface area contributed by atoms with Gasteiger partial charge in [-0.2, -0.15) is 4.31 Å². The summed E-state index contributed by atoms with van der Waals surface area (Å²) in [4.78, 5) is 2.45. The van der Waals surface area contributed by atoms with Crippen LogP contribution in [0.15, 0.2) is 23.1 Å². The molecule has 0 saturated carbocycles. The fourth-order valence-corrected chi connectivity index (χ4v) is 5.86. The molecule has 0 bridgehead atoms. The van der Waals surface area contributed by atoms with Crippen LogP contribution in [-0.4, -0.2) is 62.9 Å². The van der Waals surface area contributed by atoms with Crippen LogP contribution in [0.1, 0.15) is 37.7 Å². The molecule has 2 heterocycles. The molecule has 5 nitrogen and oxygen atoms in total. The van der Waals surface area contributed by atoms with Crippen molar-refractivity contribution in [2.24, 2.45) is 0 Å². The lowest BCUT2D eigenvalue weighted by atomic mass is 10.1. The van der Waals surface area contributed by atoms with Crippen molar-refractivity contribution in [3.05, 3.63) is 29.6 Å². The van der Waals surface area contributed by atoms with E-state index in [0.29, 0.717) is 18.7 Å². The van der Waals surface area contributed by atoms with Crippen molar-refractivity contribution in [3.63, 3.8) is 0 Å². The Hall–Kier alpha value is -1.02. The fraction of sp³-hybridized carbons (Fsp3) is 0.684. The van der Waals surface area contributed by atoms with Crippen molar-refractivity contribution in [2.75, 3.05) is 39.3 Å². The van der Waals surface area contributed by atoms with Crippen LogP contribution in [-0.2, 0) is 10.0 Å². The van der Waals surface area contributed by atoms with Gasteiger partial charge in [0.15, 0.2) is 0 Å². The highest BCUT2D eigenvalue weighted by molar-refractivity contribution is 7.89. The van der Waals surface area contributed by atoms with E-state index in [4.69, 9.17) is 0 Å². The van der Waals surface area contributed by atoms with E-state index in [-0.39, 0.29) is 10.9 Å². The van der Waals surface area contributed by atoms with Gasteiger partial charge >= 0.3 is 0 Å². The third-order valence-electron chi connectivity index (χ3n) is 5.50. The normalized spacial score (nSPS) is 22.7. The van der Waals surface area contributed by atoms with Gasteiger partial charge in [0, 0.05) is 25.7 Å². The third kappa shape index (κ3) is 4.63. The Labute approximate surface area is 156 Å². The first kappa shape index (κ1) is 19.7. The molecule has 26 heavy (non-hydrogen) atoms. The Kier molecular flexibility index (Phi) is 6.66. The zero-order valence-electron chi connectivity index (χ0n) is 15.6. The zero-order valence-corrected chi connectivity index (χ0v) is 16.4. The van der Waals surface area contributed by atoms with Gasteiger partial charge in [-0.3, -0.25) is 0 Å². The molecule has 3 rings (SSSR count). The number of sulfonamides is 1. The number of likely N-dealkylation sites (tertiary alicyclic amines) is 1. The highest BCUT2D eigenvalue weighted by Crippen LogP contribution is 2.25. The summed E-state index contributed by atoms with van der Waals surface area (Å²) in [5, 5.41) is 3.31. The minimum Gasteiger partial charge on any atom is -0.315 e. The predicted octanol–water partition coefficient (Wildman–Crippen LogP) is 2.36. The number of aryl methyl sites for hydroxylation is 1. The van der Waals surface area contributed by atoms with Crippen LogP contribution in [0.4, 0.5) is 4.39 Å². The molecule has 1 aromatic carbocycles. The summed E-state index contributed by atoms with van der Waals surface area (Å²) in [5.74, 6) is -0.507. The smallest absolute Gasteiger partial charge is 0.243 e. The first-order valence-electron chi connectivity index (χ1n) is 9.69. The topological polar surface area (TPSA) is 52.7 Å². The lowest BCUT2D eigenvalue weighted by molar-refractivity contribution is 0.189. The molecule has 0 radical (unpaired) electrons. The average molecular weight is 384 g/mol.